The van der Waals surface area contributed by atoms with E-state index in [4.69, 9.17) is 0 Å². The highest BCUT2D eigenvalue weighted by Gasteiger charge is 2.41. The molecule has 2 rings (SSSR count). The van der Waals surface area contributed by atoms with Crippen molar-refractivity contribution >= 4 is 0 Å². The lowest BCUT2D eigenvalue weighted by atomic mass is 9.79. The number of β-amino-alcohol motifs (C(OH)–C–C–N with tert-alkyl or cyclic N) is 1. The van der Waals surface area contributed by atoms with E-state index < -0.39 is 11.2 Å². The molecule has 1 saturated carbocycles. The summed E-state index contributed by atoms with van der Waals surface area (Å²) in [5.74, 6) is 0.758. The first-order valence-corrected chi connectivity index (χ1v) is 7.49. The third-order valence-electron chi connectivity index (χ3n) is 4.88. The summed E-state index contributed by atoms with van der Waals surface area (Å²) in [6, 6.07) is 0.209. The SMILES string of the molecule is CC1CCC(O)(CN2CCC[C@H]2C(C)(C)O)CC1. The van der Waals surface area contributed by atoms with Crippen LogP contribution in [0.25, 0.3) is 0 Å². The van der Waals surface area contributed by atoms with Crippen LogP contribution in [0.5, 0.6) is 0 Å². The lowest BCUT2D eigenvalue weighted by Gasteiger charge is -2.41. The van der Waals surface area contributed by atoms with Crippen molar-refractivity contribution in [2.24, 2.45) is 5.92 Å². The molecule has 1 aliphatic carbocycles. The molecule has 0 spiro atoms. The van der Waals surface area contributed by atoms with Crippen LogP contribution in [0.4, 0.5) is 0 Å². The Labute approximate surface area is 111 Å². The highest BCUT2D eigenvalue weighted by molar-refractivity contribution is 4.95. The molecular formula is C15H29NO2. The maximum atomic E-state index is 10.7. The number of aliphatic hydroxyl groups is 2. The highest BCUT2D eigenvalue weighted by atomic mass is 16.3. The lowest BCUT2D eigenvalue weighted by Crippen LogP contribution is -2.52. The van der Waals surface area contributed by atoms with Gasteiger partial charge in [0.1, 0.15) is 0 Å². The normalized spacial score (nSPS) is 39.2. The van der Waals surface area contributed by atoms with Crippen LogP contribution in [0, 0.1) is 5.92 Å². The number of hydrogen-bond donors (Lipinski definition) is 2. The van der Waals surface area contributed by atoms with Crippen molar-refractivity contribution in [2.45, 2.75) is 76.5 Å². The second-order valence-corrected chi connectivity index (χ2v) is 7.19. The Morgan fingerprint density at radius 3 is 2.39 bits per heavy atom. The van der Waals surface area contributed by atoms with E-state index in [-0.39, 0.29) is 6.04 Å². The molecule has 3 heteroatoms. The van der Waals surface area contributed by atoms with E-state index in [0.29, 0.717) is 0 Å². The highest BCUT2D eigenvalue weighted by Crippen LogP contribution is 2.35. The molecule has 1 atom stereocenters. The first-order chi connectivity index (χ1) is 8.30. The molecule has 1 heterocycles. The Bertz CT molecular complexity index is 277. The maximum Gasteiger partial charge on any atom is 0.0774 e. The minimum absolute atomic E-state index is 0.209. The molecule has 0 aromatic rings. The fourth-order valence-corrected chi connectivity index (χ4v) is 3.65. The van der Waals surface area contributed by atoms with Gasteiger partial charge in [-0.05, 0) is 64.8 Å². The quantitative estimate of drug-likeness (QED) is 0.812. The molecule has 0 aromatic carbocycles. The molecule has 0 bridgehead atoms. The van der Waals surface area contributed by atoms with Gasteiger partial charge in [0, 0.05) is 12.6 Å². The van der Waals surface area contributed by atoms with E-state index in [1.54, 1.807) is 0 Å². The summed E-state index contributed by atoms with van der Waals surface area (Å²) in [7, 11) is 0. The van der Waals surface area contributed by atoms with Crippen molar-refractivity contribution in [3.8, 4) is 0 Å². The van der Waals surface area contributed by atoms with Crippen LogP contribution < -0.4 is 0 Å². The zero-order chi connectivity index (χ0) is 13.4. The zero-order valence-corrected chi connectivity index (χ0v) is 12.2. The first kappa shape index (κ1) is 14.3. The van der Waals surface area contributed by atoms with Crippen molar-refractivity contribution in [3.63, 3.8) is 0 Å². The number of rotatable bonds is 3. The smallest absolute Gasteiger partial charge is 0.0774 e. The third kappa shape index (κ3) is 3.25. The van der Waals surface area contributed by atoms with Gasteiger partial charge in [-0.3, -0.25) is 4.90 Å². The molecule has 0 unspecified atom stereocenters. The predicted octanol–water partition coefficient (Wildman–Crippen LogP) is 2.16. The summed E-state index contributed by atoms with van der Waals surface area (Å²) in [4.78, 5) is 2.32. The standard InChI is InChI=1S/C15H29NO2/c1-12-6-8-15(18,9-7-12)11-16-10-4-5-13(16)14(2,3)17/h12-13,17-18H,4-11H2,1-3H3/t12?,13-,15?/m0/s1. The van der Waals surface area contributed by atoms with E-state index in [1.807, 2.05) is 13.8 Å². The van der Waals surface area contributed by atoms with Crippen LogP contribution in [0.3, 0.4) is 0 Å². The van der Waals surface area contributed by atoms with Crippen molar-refractivity contribution in [1.82, 2.24) is 4.90 Å². The largest absolute Gasteiger partial charge is 0.389 e. The average Bonchev–Trinajstić information content (AvgIpc) is 2.70. The van der Waals surface area contributed by atoms with E-state index in [9.17, 15) is 10.2 Å². The molecular weight excluding hydrogens is 226 g/mol. The Balaban J connectivity index is 1.96. The fourth-order valence-electron chi connectivity index (χ4n) is 3.65. The molecule has 2 aliphatic rings. The molecule has 106 valence electrons. The van der Waals surface area contributed by atoms with Crippen LogP contribution in [0.15, 0.2) is 0 Å². The van der Waals surface area contributed by atoms with Gasteiger partial charge in [0.25, 0.3) is 0 Å². The Kier molecular flexibility index (Phi) is 4.05. The van der Waals surface area contributed by atoms with Crippen molar-refractivity contribution in [2.75, 3.05) is 13.1 Å². The van der Waals surface area contributed by atoms with Gasteiger partial charge in [0.2, 0.25) is 0 Å². The lowest BCUT2D eigenvalue weighted by molar-refractivity contribution is -0.0655. The Morgan fingerprint density at radius 2 is 1.83 bits per heavy atom. The minimum Gasteiger partial charge on any atom is -0.389 e. The summed E-state index contributed by atoms with van der Waals surface area (Å²) in [5.41, 5.74) is -1.17. The average molecular weight is 255 g/mol. The number of nitrogens with zero attached hydrogens (tertiary/aromatic N) is 1. The monoisotopic (exact) mass is 255 g/mol. The van der Waals surface area contributed by atoms with Gasteiger partial charge in [-0.15, -0.1) is 0 Å². The van der Waals surface area contributed by atoms with Crippen molar-refractivity contribution in [3.05, 3.63) is 0 Å². The topological polar surface area (TPSA) is 43.7 Å². The summed E-state index contributed by atoms with van der Waals surface area (Å²) in [6.45, 7) is 7.82. The summed E-state index contributed by atoms with van der Waals surface area (Å²) in [6.07, 6.45) is 6.30. The van der Waals surface area contributed by atoms with E-state index in [1.165, 1.54) is 0 Å². The van der Waals surface area contributed by atoms with Gasteiger partial charge in [0.05, 0.1) is 11.2 Å². The fraction of sp³-hybridized carbons (Fsp3) is 1.00. The Hall–Kier alpha value is -0.120. The van der Waals surface area contributed by atoms with Crippen LogP contribution >= 0.6 is 0 Å². The molecule has 18 heavy (non-hydrogen) atoms. The summed E-state index contributed by atoms with van der Waals surface area (Å²) in [5, 5.41) is 20.9. The summed E-state index contributed by atoms with van der Waals surface area (Å²) >= 11 is 0. The first-order valence-electron chi connectivity index (χ1n) is 7.49. The molecule has 1 saturated heterocycles. The van der Waals surface area contributed by atoms with Crippen LogP contribution in [0.1, 0.15) is 59.3 Å². The molecule has 2 fully saturated rings. The van der Waals surface area contributed by atoms with Crippen LogP contribution in [0.2, 0.25) is 0 Å². The molecule has 0 radical (unpaired) electrons. The second-order valence-electron chi connectivity index (χ2n) is 7.19. The van der Waals surface area contributed by atoms with Crippen molar-refractivity contribution < 1.29 is 10.2 Å². The molecule has 0 amide bonds. The predicted molar refractivity (Wildman–Crippen MR) is 73.5 cm³/mol. The van der Waals surface area contributed by atoms with E-state index in [0.717, 1.165) is 57.5 Å². The second kappa shape index (κ2) is 5.10. The molecule has 2 N–H and O–H groups in total. The summed E-state index contributed by atoms with van der Waals surface area (Å²) < 4.78 is 0. The molecule has 1 aliphatic heterocycles. The zero-order valence-electron chi connectivity index (χ0n) is 12.2. The van der Waals surface area contributed by atoms with Crippen molar-refractivity contribution in [1.29, 1.82) is 0 Å². The van der Waals surface area contributed by atoms with Crippen LogP contribution in [-0.2, 0) is 0 Å². The molecule has 0 aromatic heterocycles. The van der Waals surface area contributed by atoms with Gasteiger partial charge >= 0.3 is 0 Å². The van der Waals surface area contributed by atoms with Gasteiger partial charge in [-0.1, -0.05) is 6.92 Å². The number of hydrogen-bond acceptors (Lipinski definition) is 3. The van der Waals surface area contributed by atoms with Gasteiger partial charge in [-0.2, -0.15) is 0 Å². The minimum atomic E-state index is -0.658. The third-order valence-corrected chi connectivity index (χ3v) is 4.88. The van der Waals surface area contributed by atoms with E-state index >= 15 is 0 Å². The molecule has 3 nitrogen and oxygen atoms in total. The van der Waals surface area contributed by atoms with Gasteiger partial charge in [0.15, 0.2) is 0 Å². The number of likely N-dealkylation sites (tertiary alicyclic amines) is 1. The van der Waals surface area contributed by atoms with Crippen LogP contribution in [-0.4, -0.2) is 45.4 Å². The van der Waals surface area contributed by atoms with Gasteiger partial charge in [-0.25, -0.2) is 0 Å². The van der Waals surface area contributed by atoms with E-state index in [2.05, 4.69) is 11.8 Å². The maximum absolute atomic E-state index is 10.7. The Morgan fingerprint density at radius 1 is 1.22 bits per heavy atom. The van der Waals surface area contributed by atoms with Gasteiger partial charge < -0.3 is 10.2 Å².